The van der Waals surface area contributed by atoms with E-state index < -0.39 is 5.60 Å². The van der Waals surface area contributed by atoms with Gasteiger partial charge in [-0.25, -0.2) is 4.98 Å². The molecule has 4 rings (SSSR count). The Labute approximate surface area is 223 Å². The van der Waals surface area contributed by atoms with Crippen LogP contribution in [0, 0.1) is 13.8 Å². The minimum atomic E-state index is -1.21. The van der Waals surface area contributed by atoms with E-state index in [1.54, 1.807) is 38.2 Å². The van der Waals surface area contributed by atoms with Crippen LogP contribution in [0.4, 0.5) is 5.82 Å². The molecule has 0 saturated heterocycles. The number of hydrogen-bond acceptors (Lipinski definition) is 6. The number of carbonyl (C=O) groups excluding carboxylic acids is 1. The first-order valence-electron chi connectivity index (χ1n) is 12.3. The van der Waals surface area contributed by atoms with Crippen molar-refractivity contribution in [3.8, 4) is 0 Å². The SMILES string of the molecule is CC.Cc1cc(N)nc(C)c1CNC(=O)c1cc(Cc2ccc3ncc(Cl)cc3c2)nc(C(C)(C)O)c1. The van der Waals surface area contributed by atoms with E-state index in [9.17, 15) is 9.90 Å². The molecule has 0 atom stereocenters. The van der Waals surface area contributed by atoms with Crippen molar-refractivity contribution >= 4 is 34.2 Å². The maximum atomic E-state index is 13.1. The highest BCUT2D eigenvalue weighted by atomic mass is 35.5. The van der Waals surface area contributed by atoms with Crippen LogP contribution in [0.3, 0.4) is 0 Å². The third-order valence-corrected chi connectivity index (χ3v) is 6.07. The highest BCUT2D eigenvalue weighted by Crippen LogP contribution is 2.23. The topological polar surface area (TPSA) is 114 Å². The van der Waals surface area contributed by atoms with Crippen molar-refractivity contribution < 1.29 is 9.90 Å². The van der Waals surface area contributed by atoms with Crippen LogP contribution in [-0.4, -0.2) is 26.0 Å². The average Bonchev–Trinajstić information content (AvgIpc) is 2.83. The number of aryl methyl sites for hydroxylation is 2. The summed E-state index contributed by atoms with van der Waals surface area (Å²) in [7, 11) is 0. The molecule has 1 amide bonds. The number of pyridine rings is 3. The van der Waals surface area contributed by atoms with Gasteiger partial charge in [0.1, 0.15) is 11.4 Å². The number of carbonyl (C=O) groups is 1. The number of nitrogens with two attached hydrogens (primary N) is 1. The summed E-state index contributed by atoms with van der Waals surface area (Å²) in [5.41, 5.74) is 10.6. The van der Waals surface area contributed by atoms with Crippen molar-refractivity contribution in [3.05, 3.63) is 93.0 Å². The lowest BCUT2D eigenvalue weighted by atomic mass is 9.99. The van der Waals surface area contributed by atoms with Crippen molar-refractivity contribution in [2.75, 3.05) is 5.73 Å². The van der Waals surface area contributed by atoms with Gasteiger partial charge >= 0.3 is 0 Å². The Morgan fingerprint density at radius 1 is 1.08 bits per heavy atom. The zero-order valence-corrected chi connectivity index (χ0v) is 22.9. The first-order chi connectivity index (χ1) is 17.5. The molecular weight excluding hydrogens is 486 g/mol. The maximum Gasteiger partial charge on any atom is 0.251 e. The minimum absolute atomic E-state index is 0.260. The van der Waals surface area contributed by atoms with Crippen LogP contribution >= 0.6 is 11.6 Å². The molecule has 194 valence electrons. The molecular formula is C29H34ClN5O2. The molecule has 4 N–H and O–H groups in total. The fourth-order valence-corrected chi connectivity index (χ4v) is 4.19. The molecule has 1 aromatic carbocycles. The van der Waals surface area contributed by atoms with Crippen molar-refractivity contribution in [2.24, 2.45) is 0 Å². The number of halogens is 1. The Bertz CT molecular complexity index is 1410. The van der Waals surface area contributed by atoms with E-state index in [4.69, 9.17) is 17.3 Å². The fraction of sp³-hybridized carbons (Fsp3) is 0.310. The van der Waals surface area contributed by atoms with Crippen LogP contribution in [0.25, 0.3) is 10.9 Å². The number of hydrogen-bond donors (Lipinski definition) is 3. The van der Waals surface area contributed by atoms with E-state index in [0.717, 1.165) is 33.3 Å². The molecule has 3 aromatic heterocycles. The van der Waals surface area contributed by atoms with E-state index >= 15 is 0 Å². The number of nitrogens with one attached hydrogen (secondary N) is 1. The molecule has 0 spiro atoms. The van der Waals surface area contributed by atoms with Crippen molar-refractivity contribution in [1.82, 2.24) is 20.3 Å². The second-order valence-electron chi connectivity index (χ2n) is 9.26. The third-order valence-electron chi connectivity index (χ3n) is 5.86. The second-order valence-corrected chi connectivity index (χ2v) is 9.70. The van der Waals surface area contributed by atoms with E-state index in [2.05, 4.69) is 20.3 Å². The van der Waals surface area contributed by atoms with Gasteiger partial charge in [-0.15, -0.1) is 0 Å². The van der Waals surface area contributed by atoms with Crippen LogP contribution in [0.5, 0.6) is 0 Å². The van der Waals surface area contributed by atoms with E-state index in [1.165, 1.54) is 0 Å². The molecule has 7 nitrogen and oxygen atoms in total. The predicted molar refractivity (Wildman–Crippen MR) is 150 cm³/mol. The standard InChI is InChI=1S/C27H28ClN5O2.C2H6/c1-15-7-25(29)32-16(2)22(15)14-31-26(34)19-11-21(33-24(12-19)27(3,4)35)9-17-5-6-23-18(8-17)10-20(28)13-30-23;1-2/h5-8,10-13,35H,9,14H2,1-4H3,(H2,29,32)(H,31,34);1-2H3. The van der Waals surface area contributed by atoms with Gasteiger partial charge in [-0.2, -0.15) is 0 Å². The number of nitrogens with zero attached hydrogens (tertiary/aromatic N) is 3. The van der Waals surface area contributed by atoms with Gasteiger partial charge in [0.25, 0.3) is 5.91 Å². The summed E-state index contributed by atoms with van der Waals surface area (Å²) in [4.78, 5) is 26.4. The molecule has 4 aromatic rings. The van der Waals surface area contributed by atoms with Crippen LogP contribution < -0.4 is 11.1 Å². The van der Waals surface area contributed by atoms with Gasteiger partial charge in [0.15, 0.2) is 0 Å². The number of aliphatic hydroxyl groups is 1. The first-order valence-corrected chi connectivity index (χ1v) is 12.7. The van der Waals surface area contributed by atoms with Crippen molar-refractivity contribution in [2.45, 2.75) is 60.1 Å². The Balaban J connectivity index is 0.00000186. The van der Waals surface area contributed by atoms with Gasteiger partial charge in [0, 0.05) is 41.5 Å². The Kier molecular flexibility index (Phi) is 8.84. The molecule has 0 fully saturated rings. The second kappa shape index (κ2) is 11.7. The first kappa shape index (κ1) is 28.0. The number of amides is 1. The molecule has 8 heteroatoms. The fourth-order valence-electron chi connectivity index (χ4n) is 4.02. The summed E-state index contributed by atoms with van der Waals surface area (Å²) in [5, 5.41) is 15.1. The number of anilines is 1. The lowest BCUT2D eigenvalue weighted by Gasteiger charge is -2.19. The Hall–Kier alpha value is -3.55. The highest BCUT2D eigenvalue weighted by molar-refractivity contribution is 6.31. The van der Waals surface area contributed by atoms with Crippen LogP contribution in [0.15, 0.2) is 48.7 Å². The molecule has 0 aliphatic rings. The molecule has 0 radical (unpaired) electrons. The lowest BCUT2D eigenvalue weighted by molar-refractivity contribution is 0.0735. The molecule has 0 saturated carbocycles. The average molecular weight is 520 g/mol. The molecule has 0 bridgehead atoms. The van der Waals surface area contributed by atoms with Crippen LogP contribution in [-0.2, 0) is 18.6 Å². The lowest BCUT2D eigenvalue weighted by Crippen LogP contribution is -2.26. The van der Waals surface area contributed by atoms with Gasteiger partial charge in [0.2, 0.25) is 0 Å². The summed E-state index contributed by atoms with van der Waals surface area (Å²) in [5.74, 6) is 0.194. The van der Waals surface area contributed by atoms with E-state index in [0.29, 0.717) is 40.8 Å². The predicted octanol–water partition coefficient (Wildman–Crippen LogP) is 5.65. The normalized spacial score (nSPS) is 11.1. The Morgan fingerprint density at radius 3 is 2.49 bits per heavy atom. The number of fused-ring (bicyclic) bond motifs is 1. The molecule has 0 aliphatic heterocycles. The maximum absolute atomic E-state index is 13.1. The number of aromatic nitrogens is 3. The van der Waals surface area contributed by atoms with Crippen molar-refractivity contribution in [1.29, 1.82) is 0 Å². The van der Waals surface area contributed by atoms with Gasteiger partial charge in [0.05, 0.1) is 16.2 Å². The monoisotopic (exact) mass is 519 g/mol. The van der Waals surface area contributed by atoms with Crippen LogP contribution in [0.2, 0.25) is 5.02 Å². The summed E-state index contributed by atoms with van der Waals surface area (Å²) < 4.78 is 0. The summed E-state index contributed by atoms with van der Waals surface area (Å²) in [6.45, 7) is 11.4. The van der Waals surface area contributed by atoms with Crippen molar-refractivity contribution in [3.63, 3.8) is 0 Å². The molecule has 37 heavy (non-hydrogen) atoms. The summed E-state index contributed by atoms with van der Waals surface area (Å²) >= 11 is 6.10. The third kappa shape index (κ3) is 7.02. The molecule has 0 aliphatic carbocycles. The zero-order chi connectivity index (χ0) is 27.3. The van der Waals surface area contributed by atoms with E-state index in [1.807, 2.05) is 52.0 Å². The molecule has 3 heterocycles. The smallest absolute Gasteiger partial charge is 0.251 e. The van der Waals surface area contributed by atoms with Gasteiger partial charge in [-0.3, -0.25) is 14.8 Å². The Morgan fingerprint density at radius 2 is 1.81 bits per heavy atom. The van der Waals surface area contributed by atoms with Gasteiger partial charge < -0.3 is 16.2 Å². The van der Waals surface area contributed by atoms with E-state index in [-0.39, 0.29) is 5.91 Å². The van der Waals surface area contributed by atoms with Gasteiger partial charge in [-0.05, 0) is 80.8 Å². The minimum Gasteiger partial charge on any atom is -0.384 e. The zero-order valence-electron chi connectivity index (χ0n) is 22.2. The summed E-state index contributed by atoms with van der Waals surface area (Å²) in [6.07, 6.45) is 2.10. The number of nitrogen functional groups attached to an aromatic ring is 1. The number of benzene rings is 1. The van der Waals surface area contributed by atoms with Crippen LogP contribution in [0.1, 0.15) is 71.8 Å². The number of rotatable bonds is 6. The summed E-state index contributed by atoms with van der Waals surface area (Å²) in [6, 6.07) is 12.9. The van der Waals surface area contributed by atoms with Gasteiger partial charge in [-0.1, -0.05) is 31.5 Å². The largest absolute Gasteiger partial charge is 0.384 e. The highest BCUT2D eigenvalue weighted by Gasteiger charge is 2.21. The molecule has 0 unspecified atom stereocenters. The quantitative estimate of drug-likeness (QED) is 0.303.